The molecule has 1 aromatic rings. The molecule has 0 unspecified atom stereocenters. The van der Waals surface area contributed by atoms with Crippen molar-refractivity contribution in [3.05, 3.63) is 23.8 Å². The third-order valence-electron chi connectivity index (χ3n) is 2.35. The average molecular weight is 364 g/mol. The molecule has 1 amide bonds. The fourth-order valence-corrected chi connectivity index (χ4v) is 1.36. The van der Waals surface area contributed by atoms with Crippen LogP contribution in [-0.2, 0) is 6.42 Å². The van der Waals surface area contributed by atoms with E-state index in [2.05, 4.69) is 27.9 Å². The van der Waals surface area contributed by atoms with Gasteiger partial charge >= 0.3 is 6.09 Å². The van der Waals surface area contributed by atoms with Crippen molar-refractivity contribution in [2.45, 2.75) is 13.3 Å². The van der Waals surface area contributed by atoms with Crippen molar-refractivity contribution in [1.82, 2.24) is 5.32 Å². The van der Waals surface area contributed by atoms with Crippen LogP contribution in [0.4, 0.5) is 10.5 Å². The van der Waals surface area contributed by atoms with Crippen molar-refractivity contribution in [2.24, 2.45) is 0 Å². The largest absolute Gasteiger partial charge is 0.412 e. The summed E-state index contributed by atoms with van der Waals surface area (Å²) in [5, 5.41) is 2.44. The highest BCUT2D eigenvalue weighted by molar-refractivity contribution is 14.1. The van der Waals surface area contributed by atoms with Crippen LogP contribution < -0.4 is 15.0 Å². The molecule has 0 spiro atoms. The number of alkyl halides is 1. The van der Waals surface area contributed by atoms with Gasteiger partial charge in [-0.2, -0.15) is 0 Å². The molecular formula is C13H21IN2O2. The van der Waals surface area contributed by atoms with E-state index >= 15 is 0 Å². The lowest BCUT2D eigenvalue weighted by molar-refractivity contribution is 0.202. The molecule has 0 radical (unpaired) electrons. The predicted octanol–water partition coefficient (Wildman–Crippen LogP) is 3.08. The summed E-state index contributed by atoms with van der Waals surface area (Å²) >= 11 is 2.15. The minimum Gasteiger partial charge on any atom is -0.410 e. The van der Waals surface area contributed by atoms with Crippen molar-refractivity contribution < 1.29 is 9.53 Å². The van der Waals surface area contributed by atoms with Crippen molar-refractivity contribution in [3.8, 4) is 5.75 Å². The van der Waals surface area contributed by atoms with Crippen LogP contribution in [0.3, 0.4) is 0 Å². The number of nitrogens with one attached hydrogen (secondary N) is 1. The summed E-state index contributed by atoms with van der Waals surface area (Å²) in [5.74, 6) is 0.619. The number of hydrogen-bond acceptors (Lipinski definition) is 3. The first-order valence-electron chi connectivity index (χ1n) is 5.66. The Kier molecular flexibility index (Phi) is 8.53. The first kappa shape index (κ1) is 17.0. The second-order valence-corrected chi connectivity index (χ2v) is 3.68. The summed E-state index contributed by atoms with van der Waals surface area (Å²) in [6.45, 7) is 2.03. The van der Waals surface area contributed by atoms with E-state index in [0.717, 1.165) is 17.7 Å². The van der Waals surface area contributed by atoms with Crippen LogP contribution in [0.1, 0.15) is 12.5 Å². The molecule has 1 rings (SSSR count). The third kappa shape index (κ3) is 5.12. The van der Waals surface area contributed by atoms with Crippen LogP contribution in [0.15, 0.2) is 18.2 Å². The first-order chi connectivity index (χ1) is 8.58. The Morgan fingerprint density at radius 1 is 1.39 bits per heavy atom. The maximum absolute atomic E-state index is 11.2. The Hall–Kier alpha value is -0.980. The first-order valence-corrected chi connectivity index (χ1v) is 7.81. The third-order valence-corrected chi connectivity index (χ3v) is 2.35. The molecule has 0 bridgehead atoms. The van der Waals surface area contributed by atoms with Gasteiger partial charge < -0.3 is 15.0 Å². The normalized spacial score (nSPS) is 9.00. The van der Waals surface area contributed by atoms with E-state index in [1.165, 1.54) is 0 Å². The highest BCUT2D eigenvalue weighted by Crippen LogP contribution is 2.25. The number of carbonyl (C=O) groups excluding carboxylic acids is 1. The van der Waals surface area contributed by atoms with Crippen molar-refractivity contribution in [3.63, 3.8) is 0 Å². The second-order valence-electron chi connectivity index (χ2n) is 3.68. The molecule has 0 aromatic heterocycles. The van der Waals surface area contributed by atoms with Crippen LogP contribution in [-0.4, -0.2) is 32.2 Å². The zero-order valence-electron chi connectivity index (χ0n) is 11.6. The van der Waals surface area contributed by atoms with Crippen molar-refractivity contribution >= 4 is 34.4 Å². The molecule has 0 aliphatic rings. The highest BCUT2D eigenvalue weighted by Gasteiger charge is 2.08. The fraction of sp³-hybridized carbons (Fsp3) is 0.462. The summed E-state index contributed by atoms with van der Waals surface area (Å²) in [6, 6.07) is 5.86. The van der Waals surface area contributed by atoms with Gasteiger partial charge in [-0.05, 0) is 23.0 Å². The van der Waals surface area contributed by atoms with E-state index < -0.39 is 6.09 Å². The van der Waals surface area contributed by atoms with E-state index in [0.29, 0.717) is 5.75 Å². The Morgan fingerprint density at radius 2 is 2.00 bits per heavy atom. The number of benzene rings is 1. The van der Waals surface area contributed by atoms with Crippen molar-refractivity contribution in [2.75, 3.05) is 31.0 Å². The smallest absolute Gasteiger partial charge is 0.410 e. The Morgan fingerprint density at radius 3 is 2.44 bits per heavy atom. The van der Waals surface area contributed by atoms with Crippen LogP contribution >= 0.6 is 22.6 Å². The topological polar surface area (TPSA) is 41.6 Å². The van der Waals surface area contributed by atoms with Crippen molar-refractivity contribution in [1.29, 1.82) is 0 Å². The highest BCUT2D eigenvalue weighted by atomic mass is 127. The van der Waals surface area contributed by atoms with Crippen LogP contribution in [0, 0.1) is 0 Å². The van der Waals surface area contributed by atoms with E-state index in [1.54, 1.807) is 7.05 Å². The lowest BCUT2D eigenvalue weighted by atomic mass is 10.1. The molecule has 1 aromatic carbocycles. The number of halogens is 1. The van der Waals surface area contributed by atoms with E-state index in [1.807, 2.05) is 49.0 Å². The minimum absolute atomic E-state index is 0.439. The quantitative estimate of drug-likeness (QED) is 0.662. The number of hydrogen-bond donors (Lipinski definition) is 1. The Bertz CT molecular complexity index is 381. The predicted molar refractivity (Wildman–Crippen MR) is 85.2 cm³/mol. The van der Waals surface area contributed by atoms with Gasteiger partial charge in [0.15, 0.2) is 0 Å². The molecular weight excluding hydrogens is 343 g/mol. The van der Waals surface area contributed by atoms with E-state index in [-0.39, 0.29) is 0 Å². The molecule has 18 heavy (non-hydrogen) atoms. The monoisotopic (exact) mass is 364 g/mol. The summed E-state index contributed by atoms with van der Waals surface area (Å²) in [4.78, 5) is 15.1. The second kappa shape index (κ2) is 9.02. The lowest BCUT2D eigenvalue weighted by Crippen LogP contribution is -2.22. The number of aryl methyl sites for hydroxylation is 1. The molecule has 0 aliphatic heterocycles. The number of rotatable bonds is 3. The van der Waals surface area contributed by atoms with Gasteiger partial charge in [0.1, 0.15) is 5.75 Å². The molecule has 4 nitrogen and oxygen atoms in total. The molecule has 102 valence electrons. The number of nitrogens with zero attached hydrogens (tertiary/aromatic N) is 1. The van der Waals surface area contributed by atoms with Gasteiger partial charge in [-0.25, -0.2) is 4.79 Å². The molecule has 5 heteroatoms. The van der Waals surface area contributed by atoms with Gasteiger partial charge in [-0.3, -0.25) is 0 Å². The molecule has 0 heterocycles. The maximum Gasteiger partial charge on any atom is 0.412 e. The summed E-state index contributed by atoms with van der Waals surface area (Å²) in [7, 11) is 5.44. The number of carbonyl (C=O) groups is 1. The van der Waals surface area contributed by atoms with Gasteiger partial charge in [0, 0.05) is 32.9 Å². The molecule has 0 fully saturated rings. The zero-order chi connectivity index (χ0) is 14.1. The summed E-state index contributed by atoms with van der Waals surface area (Å²) in [5.41, 5.74) is 2.03. The maximum atomic E-state index is 11.2. The average Bonchev–Trinajstić information content (AvgIpc) is 2.40. The van der Waals surface area contributed by atoms with Gasteiger partial charge in [-0.15, -0.1) is 0 Å². The van der Waals surface area contributed by atoms with Gasteiger partial charge in [0.2, 0.25) is 0 Å². The lowest BCUT2D eigenvalue weighted by Gasteiger charge is -2.15. The van der Waals surface area contributed by atoms with E-state index in [4.69, 9.17) is 4.74 Å². The molecule has 0 aliphatic carbocycles. The number of ether oxygens (including phenoxy) is 1. The van der Waals surface area contributed by atoms with E-state index in [9.17, 15) is 4.79 Å². The molecule has 1 N–H and O–H groups in total. The van der Waals surface area contributed by atoms with Gasteiger partial charge in [0.25, 0.3) is 0 Å². The standard InChI is InChI=1S/C12H18N2O2.CH3I/c1-5-9-6-7-10(14(3)4)8-11(9)16-12(15)13-2;1-2/h6-8H,5H2,1-4H3,(H,13,15);1H3. The summed E-state index contributed by atoms with van der Waals surface area (Å²) in [6.07, 6.45) is 0.394. The SMILES string of the molecule is CCc1ccc(N(C)C)cc1OC(=O)NC.CI. The Balaban J connectivity index is 0.00000137. The van der Waals surface area contributed by atoms with Crippen LogP contribution in [0.2, 0.25) is 0 Å². The molecule has 0 atom stereocenters. The summed E-state index contributed by atoms with van der Waals surface area (Å²) < 4.78 is 5.20. The molecule has 0 saturated carbocycles. The number of anilines is 1. The minimum atomic E-state index is -0.439. The molecule has 0 saturated heterocycles. The van der Waals surface area contributed by atoms with Crippen LogP contribution in [0.25, 0.3) is 0 Å². The van der Waals surface area contributed by atoms with Gasteiger partial charge in [0.05, 0.1) is 0 Å². The van der Waals surface area contributed by atoms with Gasteiger partial charge in [-0.1, -0.05) is 35.6 Å². The zero-order valence-corrected chi connectivity index (χ0v) is 13.7. The Labute approximate surface area is 123 Å². The number of amides is 1. The van der Waals surface area contributed by atoms with Crippen LogP contribution in [0.5, 0.6) is 5.75 Å². The fourth-order valence-electron chi connectivity index (χ4n) is 1.36.